The summed E-state index contributed by atoms with van der Waals surface area (Å²) in [5, 5.41) is 8.25. The van der Waals surface area contributed by atoms with Gasteiger partial charge in [-0.05, 0) is 85.6 Å². The van der Waals surface area contributed by atoms with E-state index in [1.54, 1.807) is 0 Å². The standard InChI is InChI=1S/C35H45F2N5O6/c1-35(2,3)20-29(43)39-25-9-6-8-23(18-25)22-12-16-41(17-13-22)15-7-14-38-33(45)42-31(24-10-11-26(36)27(37)19-24)30(32(44)48-5)28(21-47-4)40-34(42)46/h6,8-11,18-19,22,31H,7,12-17,20-21H2,1-5H3,(H,38,45)(H,39,43)(H,40,46). The Morgan fingerprint density at radius 1 is 1.00 bits per heavy atom. The fraction of sp³-hybridized carbons (Fsp3) is 0.486. The van der Waals surface area contributed by atoms with Gasteiger partial charge in [0.2, 0.25) is 5.91 Å². The molecule has 0 saturated carbocycles. The van der Waals surface area contributed by atoms with Gasteiger partial charge in [-0.2, -0.15) is 0 Å². The van der Waals surface area contributed by atoms with E-state index < -0.39 is 35.7 Å². The molecule has 1 unspecified atom stereocenters. The number of ether oxygens (including phenoxy) is 2. The monoisotopic (exact) mass is 669 g/mol. The van der Waals surface area contributed by atoms with Crippen molar-refractivity contribution in [2.24, 2.45) is 5.41 Å². The summed E-state index contributed by atoms with van der Waals surface area (Å²) in [5.74, 6) is -2.82. The number of nitrogens with zero attached hydrogens (tertiary/aromatic N) is 2. The third kappa shape index (κ3) is 9.38. The predicted octanol–water partition coefficient (Wildman–Crippen LogP) is 5.46. The molecule has 11 nitrogen and oxygen atoms in total. The maximum absolute atomic E-state index is 14.3. The van der Waals surface area contributed by atoms with Crippen LogP contribution in [-0.4, -0.2) is 80.7 Å². The number of imide groups is 1. The molecule has 0 aliphatic carbocycles. The smallest absolute Gasteiger partial charge is 0.338 e. The van der Waals surface area contributed by atoms with E-state index in [-0.39, 0.29) is 41.3 Å². The number of carbonyl (C=O) groups is 4. The lowest BCUT2D eigenvalue weighted by Gasteiger charge is -2.36. The second kappa shape index (κ2) is 16.2. The summed E-state index contributed by atoms with van der Waals surface area (Å²) < 4.78 is 38.1. The van der Waals surface area contributed by atoms with Crippen molar-refractivity contribution in [2.75, 3.05) is 52.3 Å². The second-order valence-corrected chi connectivity index (χ2v) is 13.3. The highest BCUT2D eigenvalue weighted by atomic mass is 19.2. The molecule has 4 rings (SSSR count). The SMILES string of the molecule is COCC1=C(C(=O)OC)C(c2ccc(F)c(F)c2)N(C(=O)NCCCN2CCC(c3cccc(NC(=O)CC(C)(C)C)c3)CC2)C(=O)N1. The first kappa shape index (κ1) is 36.5. The van der Waals surface area contributed by atoms with Gasteiger partial charge in [0.1, 0.15) is 6.04 Å². The first-order valence-electron chi connectivity index (χ1n) is 16.1. The quantitative estimate of drug-likeness (QED) is 0.214. The molecule has 2 heterocycles. The van der Waals surface area contributed by atoms with Crippen molar-refractivity contribution in [1.82, 2.24) is 20.4 Å². The number of piperidine rings is 1. The van der Waals surface area contributed by atoms with E-state index in [4.69, 9.17) is 9.47 Å². The van der Waals surface area contributed by atoms with Crippen LogP contribution in [0.1, 0.15) is 69.5 Å². The third-order valence-corrected chi connectivity index (χ3v) is 8.35. The molecular formula is C35H45F2N5O6. The van der Waals surface area contributed by atoms with Crippen LogP contribution in [0.2, 0.25) is 0 Å². The highest BCUT2D eigenvalue weighted by molar-refractivity contribution is 6.01. The zero-order valence-electron chi connectivity index (χ0n) is 28.2. The van der Waals surface area contributed by atoms with Crippen molar-refractivity contribution < 1.29 is 37.4 Å². The van der Waals surface area contributed by atoms with Gasteiger partial charge in [-0.15, -0.1) is 0 Å². The molecule has 0 bridgehead atoms. The molecule has 0 spiro atoms. The van der Waals surface area contributed by atoms with E-state index in [1.807, 2.05) is 32.9 Å². The first-order valence-corrected chi connectivity index (χ1v) is 16.1. The number of hydrogen-bond donors (Lipinski definition) is 3. The topological polar surface area (TPSA) is 129 Å². The van der Waals surface area contributed by atoms with Gasteiger partial charge < -0.3 is 30.3 Å². The minimum atomic E-state index is -1.39. The van der Waals surface area contributed by atoms with Gasteiger partial charge in [-0.1, -0.05) is 39.0 Å². The Morgan fingerprint density at radius 3 is 2.38 bits per heavy atom. The van der Waals surface area contributed by atoms with Crippen molar-refractivity contribution in [3.8, 4) is 0 Å². The van der Waals surface area contributed by atoms with Gasteiger partial charge in [-0.25, -0.2) is 28.1 Å². The Hall–Kier alpha value is -4.36. The molecule has 260 valence electrons. The first-order chi connectivity index (χ1) is 22.8. The fourth-order valence-corrected chi connectivity index (χ4v) is 6.11. The number of anilines is 1. The molecule has 2 aliphatic heterocycles. The molecule has 2 aromatic rings. The normalized spacial score (nSPS) is 17.6. The number of urea groups is 2. The van der Waals surface area contributed by atoms with Gasteiger partial charge >= 0.3 is 18.0 Å². The second-order valence-electron chi connectivity index (χ2n) is 13.3. The van der Waals surface area contributed by atoms with Gasteiger partial charge in [-0.3, -0.25) is 4.79 Å². The summed E-state index contributed by atoms with van der Waals surface area (Å²) in [6.07, 6.45) is 2.92. The zero-order valence-corrected chi connectivity index (χ0v) is 28.2. The lowest BCUT2D eigenvalue weighted by molar-refractivity contribution is -0.137. The van der Waals surface area contributed by atoms with Crippen LogP contribution in [0.4, 0.5) is 24.1 Å². The van der Waals surface area contributed by atoms with Crippen LogP contribution in [0.25, 0.3) is 0 Å². The summed E-state index contributed by atoms with van der Waals surface area (Å²) in [6, 6.07) is 7.88. The number of esters is 1. The molecule has 48 heavy (non-hydrogen) atoms. The van der Waals surface area contributed by atoms with E-state index >= 15 is 0 Å². The highest BCUT2D eigenvalue weighted by Gasteiger charge is 2.43. The molecule has 2 aromatic carbocycles. The van der Waals surface area contributed by atoms with E-state index in [2.05, 4.69) is 33.0 Å². The molecule has 1 saturated heterocycles. The molecular weight excluding hydrogens is 624 g/mol. The number of hydrogen-bond acceptors (Lipinski definition) is 7. The summed E-state index contributed by atoms with van der Waals surface area (Å²) in [4.78, 5) is 55.0. The van der Waals surface area contributed by atoms with Crippen LogP contribution in [0.3, 0.4) is 0 Å². The Bertz CT molecular complexity index is 1530. The Labute approximate surface area is 280 Å². The maximum Gasteiger partial charge on any atom is 0.338 e. The molecule has 0 aromatic heterocycles. The van der Waals surface area contributed by atoms with Gasteiger partial charge in [0.15, 0.2) is 11.6 Å². The third-order valence-electron chi connectivity index (χ3n) is 8.35. The zero-order chi connectivity index (χ0) is 35.0. The van der Waals surface area contributed by atoms with Crippen LogP contribution < -0.4 is 16.0 Å². The highest BCUT2D eigenvalue weighted by Crippen LogP contribution is 2.35. The molecule has 13 heteroatoms. The van der Waals surface area contributed by atoms with E-state index in [9.17, 15) is 28.0 Å². The van der Waals surface area contributed by atoms with Gasteiger partial charge in [0.05, 0.1) is 25.0 Å². The number of amides is 5. The average molecular weight is 670 g/mol. The lowest BCUT2D eigenvalue weighted by atomic mass is 9.89. The number of nitrogens with one attached hydrogen (secondary N) is 3. The maximum atomic E-state index is 14.3. The van der Waals surface area contributed by atoms with E-state index in [1.165, 1.54) is 18.7 Å². The average Bonchev–Trinajstić information content (AvgIpc) is 3.03. The number of benzene rings is 2. The number of methoxy groups -OCH3 is 2. The predicted molar refractivity (Wildman–Crippen MR) is 176 cm³/mol. The Kier molecular flexibility index (Phi) is 12.3. The van der Waals surface area contributed by atoms with Crippen molar-refractivity contribution >= 4 is 29.6 Å². The molecule has 0 radical (unpaired) electrons. The van der Waals surface area contributed by atoms with E-state index in [0.717, 1.165) is 55.8 Å². The summed E-state index contributed by atoms with van der Waals surface area (Å²) in [5.41, 5.74) is 1.83. The number of halogens is 2. The summed E-state index contributed by atoms with van der Waals surface area (Å²) in [7, 11) is 2.49. The summed E-state index contributed by atoms with van der Waals surface area (Å²) >= 11 is 0. The van der Waals surface area contributed by atoms with Crippen molar-refractivity contribution in [2.45, 2.75) is 58.4 Å². The largest absolute Gasteiger partial charge is 0.466 e. The molecule has 2 aliphatic rings. The van der Waals surface area contributed by atoms with Crippen LogP contribution in [0, 0.1) is 17.0 Å². The Balaban J connectivity index is 1.34. The number of rotatable bonds is 11. The van der Waals surface area contributed by atoms with Crippen LogP contribution in [0.15, 0.2) is 53.7 Å². The summed E-state index contributed by atoms with van der Waals surface area (Å²) in [6.45, 7) is 8.57. The minimum absolute atomic E-state index is 0.00133. The van der Waals surface area contributed by atoms with Gasteiger partial charge in [0.25, 0.3) is 0 Å². The number of carbonyl (C=O) groups excluding carboxylic acids is 4. The molecule has 5 amide bonds. The van der Waals surface area contributed by atoms with Crippen molar-refractivity contribution in [1.29, 1.82) is 0 Å². The fourth-order valence-electron chi connectivity index (χ4n) is 6.11. The van der Waals surface area contributed by atoms with Crippen LogP contribution in [0.5, 0.6) is 0 Å². The minimum Gasteiger partial charge on any atom is -0.466 e. The van der Waals surface area contributed by atoms with Crippen molar-refractivity contribution in [3.05, 3.63) is 76.5 Å². The molecule has 3 N–H and O–H groups in total. The molecule has 1 fully saturated rings. The number of likely N-dealkylation sites (tertiary alicyclic amines) is 1. The van der Waals surface area contributed by atoms with E-state index in [0.29, 0.717) is 25.3 Å². The van der Waals surface area contributed by atoms with Crippen molar-refractivity contribution in [3.63, 3.8) is 0 Å². The van der Waals surface area contributed by atoms with Crippen LogP contribution in [-0.2, 0) is 19.1 Å². The Morgan fingerprint density at radius 2 is 1.73 bits per heavy atom. The van der Waals surface area contributed by atoms with Gasteiger partial charge in [0, 0.05) is 25.8 Å². The lowest BCUT2D eigenvalue weighted by Crippen LogP contribution is -2.55. The molecule has 1 atom stereocenters. The van der Waals surface area contributed by atoms with Crippen LogP contribution >= 0.6 is 0 Å².